The Kier molecular flexibility index (Phi) is 3.73. The summed E-state index contributed by atoms with van der Waals surface area (Å²) in [4.78, 5) is 12.6. The van der Waals surface area contributed by atoms with Crippen molar-refractivity contribution in [1.82, 2.24) is 9.97 Å². The number of nitrogens with zero attached hydrogens (tertiary/aromatic N) is 3. The van der Waals surface area contributed by atoms with Crippen LogP contribution in [0.15, 0.2) is 41.5 Å². The van der Waals surface area contributed by atoms with Crippen LogP contribution in [0.3, 0.4) is 0 Å². The van der Waals surface area contributed by atoms with Gasteiger partial charge in [-0.25, -0.2) is 14.4 Å². The molecule has 1 aromatic heterocycles. The molecular formula is C16H12ClFN4. The van der Waals surface area contributed by atoms with Crippen LogP contribution in [0.1, 0.15) is 5.56 Å². The van der Waals surface area contributed by atoms with Crippen molar-refractivity contribution in [2.24, 2.45) is 4.99 Å². The lowest BCUT2D eigenvalue weighted by atomic mass is 10.1. The van der Waals surface area contributed by atoms with Gasteiger partial charge in [0.25, 0.3) is 0 Å². The van der Waals surface area contributed by atoms with Crippen LogP contribution in [0.25, 0.3) is 22.3 Å². The Morgan fingerprint density at radius 3 is 2.86 bits per heavy atom. The first-order valence-corrected chi connectivity index (χ1v) is 6.90. The van der Waals surface area contributed by atoms with Gasteiger partial charge in [0.15, 0.2) is 5.82 Å². The average molecular weight is 315 g/mol. The lowest BCUT2D eigenvalue weighted by molar-refractivity contribution is 0.632. The Morgan fingerprint density at radius 1 is 1.27 bits per heavy atom. The van der Waals surface area contributed by atoms with E-state index in [2.05, 4.69) is 15.0 Å². The van der Waals surface area contributed by atoms with Gasteiger partial charge < -0.3 is 5.73 Å². The predicted molar refractivity (Wildman–Crippen MR) is 87.9 cm³/mol. The highest BCUT2D eigenvalue weighted by molar-refractivity contribution is 6.31. The van der Waals surface area contributed by atoms with E-state index in [1.807, 2.05) is 0 Å². The Bertz CT molecular complexity index is 893. The van der Waals surface area contributed by atoms with E-state index >= 15 is 0 Å². The second kappa shape index (κ2) is 5.69. The molecule has 3 rings (SSSR count). The van der Waals surface area contributed by atoms with Gasteiger partial charge in [0.2, 0.25) is 0 Å². The summed E-state index contributed by atoms with van der Waals surface area (Å²) in [6.07, 6.45) is 3.16. The molecule has 0 radical (unpaired) electrons. The van der Waals surface area contributed by atoms with Gasteiger partial charge in [-0.2, -0.15) is 0 Å². The molecule has 1 heterocycles. The van der Waals surface area contributed by atoms with Crippen LogP contribution < -0.4 is 5.73 Å². The van der Waals surface area contributed by atoms with Gasteiger partial charge in [0.05, 0.1) is 11.2 Å². The number of benzene rings is 2. The lowest BCUT2D eigenvalue weighted by Crippen LogP contribution is -2.00. The summed E-state index contributed by atoms with van der Waals surface area (Å²) >= 11 is 5.94. The molecule has 0 saturated carbocycles. The Labute approximate surface area is 131 Å². The second-order valence-corrected chi connectivity index (χ2v) is 5.18. The first-order valence-electron chi connectivity index (χ1n) is 6.52. The summed E-state index contributed by atoms with van der Waals surface area (Å²) in [6, 6.07) is 8.35. The van der Waals surface area contributed by atoms with Gasteiger partial charge >= 0.3 is 0 Å². The molecule has 4 nitrogen and oxygen atoms in total. The third-order valence-electron chi connectivity index (χ3n) is 3.23. The van der Waals surface area contributed by atoms with E-state index in [9.17, 15) is 4.39 Å². The molecule has 6 heteroatoms. The standard InChI is InChI=1S/C16H12ClFN4/c1-20-7-11-4-9(6-13(18)15(11)19)16-21-8-10-5-12(17)2-3-14(10)22-16/h2-8H,19H2,1H3. The third-order valence-corrected chi connectivity index (χ3v) is 3.46. The van der Waals surface area contributed by atoms with Crippen LogP contribution in [-0.2, 0) is 0 Å². The fourth-order valence-electron chi connectivity index (χ4n) is 2.16. The van der Waals surface area contributed by atoms with Crippen LogP contribution in [0.5, 0.6) is 0 Å². The van der Waals surface area contributed by atoms with Crippen LogP contribution in [0, 0.1) is 5.82 Å². The minimum atomic E-state index is -0.521. The van der Waals surface area contributed by atoms with Crippen molar-refractivity contribution < 1.29 is 4.39 Å². The molecule has 0 bridgehead atoms. The molecule has 0 aliphatic carbocycles. The molecular weight excluding hydrogens is 303 g/mol. The highest BCUT2D eigenvalue weighted by Gasteiger charge is 2.10. The summed E-state index contributed by atoms with van der Waals surface area (Å²) in [5.41, 5.74) is 7.53. The molecule has 0 unspecified atom stereocenters. The molecule has 0 aliphatic rings. The number of aromatic nitrogens is 2. The topological polar surface area (TPSA) is 64.2 Å². The summed E-state index contributed by atoms with van der Waals surface area (Å²) in [7, 11) is 1.60. The molecule has 2 N–H and O–H groups in total. The van der Waals surface area contributed by atoms with E-state index in [1.54, 1.807) is 37.5 Å². The van der Waals surface area contributed by atoms with Crippen molar-refractivity contribution in [3.8, 4) is 11.4 Å². The molecule has 0 atom stereocenters. The van der Waals surface area contributed by atoms with E-state index in [0.29, 0.717) is 22.0 Å². The number of hydrogen-bond donors (Lipinski definition) is 1. The van der Waals surface area contributed by atoms with Crippen LogP contribution in [0.2, 0.25) is 5.02 Å². The molecule has 22 heavy (non-hydrogen) atoms. The minimum absolute atomic E-state index is 0.0573. The van der Waals surface area contributed by atoms with Crippen molar-refractivity contribution in [1.29, 1.82) is 0 Å². The van der Waals surface area contributed by atoms with Gasteiger partial charge in [-0.15, -0.1) is 0 Å². The van der Waals surface area contributed by atoms with Gasteiger partial charge in [-0.1, -0.05) is 11.6 Å². The number of anilines is 1. The maximum absolute atomic E-state index is 14.0. The van der Waals surface area contributed by atoms with Crippen molar-refractivity contribution in [3.63, 3.8) is 0 Å². The Balaban J connectivity index is 2.16. The Morgan fingerprint density at radius 2 is 2.09 bits per heavy atom. The predicted octanol–water partition coefficient (Wildman–Crippen LogP) is 3.72. The zero-order valence-electron chi connectivity index (χ0n) is 11.7. The maximum Gasteiger partial charge on any atom is 0.159 e. The van der Waals surface area contributed by atoms with Crippen LogP contribution >= 0.6 is 11.6 Å². The summed E-state index contributed by atoms with van der Waals surface area (Å²) in [5, 5.41) is 1.44. The minimum Gasteiger partial charge on any atom is -0.396 e. The van der Waals surface area contributed by atoms with Crippen molar-refractivity contribution in [3.05, 3.63) is 52.9 Å². The normalized spacial score (nSPS) is 11.4. The number of aliphatic imine (C=N–C) groups is 1. The Hall–Kier alpha value is -2.53. The van der Waals surface area contributed by atoms with E-state index in [0.717, 1.165) is 10.9 Å². The number of nitrogens with two attached hydrogens (primary N) is 1. The van der Waals surface area contributed by atoms with E-state index in [-0.39, 0.29) is 5.69 Å². The van der Waals surface area contributed by atoms with Crippen molar-refractivity contribution in [2.45, 2.75) is 0 Å². The fraction of sp³-hybridized carbons (Fsp3) is 0.0625. The monoisotopic (exact) mass is 314 g/mol. The molecule has 0 saturated heterocycles. The molecule has 0 spiro atoms. The molecule has 110 valence electrons. The molecule has 3 aromatic rings. The second-order valence-electron chi connectivity index (χ2n) is 4.75. The largest absolute Gasteiger partial charge is 0.396 e. The molecule has 2 aromatic carbocycles. The van der Waals surface area contributed by atoms with E-state index < -0.39 is 5.82 Å². The van der Waals surface area contributed by atoms with E-state index in [1.165, 1.54) is 12.3 Å². The zero-order valence-corrected chi connectivity index (χ0v) is 12.5. The quantitative estimate of drug-likeness (QED) is 0.579. The lowest BCUT2D eigenvalue weighted by Gasteiger charge is -2.07. The average Bonchev–Trinajstić information content (AvgIpc) is 2.51. The zero-order chi connectivity index (χ0) is 15.7. The van der Waals surface area contributed by atoms with Gasteiger partial charge in [0, 0.05) is 41.0 Å². The smallest absolute Gasteiger partial charge is 0.159 e. The van der Waals surface area contributed by atoms with E-state index in [4.69, 9.17) is 17.3 Å². The van der Waals surface area contributed by atoms with Crippen molar-refractivity contribution in [2.75, 3.05) is 12.8 Å². The molecule has 0 amide bonds. The molecule has 0 fully saturated rings. The SMILES string of the molecule is CN=Cc1cc(-c2ncc3cc(Cl)ccc3n2)cc(F)c1N. The number of nitrogen functional groups attached to an aromatic ring is 1. The third kappa shape index (κ3) is 2.63. The molecule has 0 aliphatic heterocycles. The first-order chi connectivity index (χ1) is 10.6. The number of halogens is 2. The van der Waals surface area contributed by atoms with Gasteiger partial charge in [-0.05, 0) is 30.3 Å². The number of fused-ring (bicyclic) bond motifs is 1. The first kappa shape index (κ1) is 14.4. The maximum atomic E-state index is 14.0. The summed E-state index contributed by atoms with van der Waals surface area (Å²) in [6.45, 7) is 0. The van der Waals surface area contributed by atoms with Crippen LogP contribution in [0.4, 0.5) is 10.1 Å². The highest BCUT2D eigenvalue weighted by Crippen LogP contribution is 2.25. The fourth-order valence-corrected chi connectivity index (χ4v) is 2.34. The summed E-state index contributed by atoms with van der Waals surface area (Å²) in [5.74, 6) is -0.105. The van der Waals surface area contributed by atoms with Gasteiger partial charge in [-0.3, -0.25) is 4.99 Å². The van der Waals surface area contributed by atoms with Crippen molar-refractivity contribution >= 4 is 34.4 Å². The number of rotatable bonds is 2. The summed E-state index contributed by atoms with van der Waals surface area (Å²) < 4.78 is 14.0. The number of hydrogen-bond acceptors (Lipinski definition) is 4. The van der Waals surface area contributed by atoms with Crippen LogP contribution in [-0.4, -0.2) is 23.2 Å². The highest BCUT2D eigenvalue weighted by atomic mass is 35.5. The van der Waals surface area contributed by atoms with Gasteiger partial charge in [0.1, 0.15) is 5.82 Å².